The summed E-state index contributed by atoms with van der Waals surface area (Å²) in [6.45, 7) is 4.70. The Bertz CT molecular complexity index is 764. The fourth-order valence-corrected chi connectivity index (χ4v) is 2.42. The molecule has 0 aliphatic rings. The Kier molecular flexibility index (Phi) is 4.19. The van der Waals surface area contributed by atoms with Crippen LogP contribution in [-0.2, 0) is 13.0 Å². The molecule has 0 saturated carbocycles. The van der Waals surface area contributed by atoms with Crippen LogP contribution in [0.5, 0.6) is 0 Å². The molecular formula is C18H19N3O. The summed E-state index contributed by atoms with van der Waals surface area (Å²) in [5, 5.41) is 11.6. The number of nitrogens with one attached hydrogen (secondary N) is 1. The summed E-state index contributed by atoms with van der Waals surface area (Å²) < 4.78 is 5.76. The number of rotatable bonds is 5. The number of nitrogens with zero attached hydrogens (tertiary/aromatic N) is 2. The van der Waals surface area contributed by atoms with Crippen LogP contribution in [0.25, 0.3) is 11.5 Å². The Hall–Kier alpha value is -2.62. The maximum absolute atomic E-state index is 5.76. The minimum atomic E-state index is 0.524. The Morgan fingerprint density at radius 3 is 2.59 bits per heavy atom. The van der Waals surface area contributed by atoms with E-state index >= 15 is 0 Å². The summed E-state index contributed by atoms with van der Waals surface area (Å²) in [6, 6.07) is 16.3. The SMILES string of the molecule is CCc1ccccc1NCc1nnc(-c2ccccc2C)o1. The van der Waals surface area contributed by atoms with Crippen LogP contribution >= 0.6 is 0 Å². The fraction of sp³-hybridized carbons (Fsp3) is 0.222. The van der Waals surface area contributed by atoms with E-state index in [0.29, 0.717) is 18.3 Å². The molecule has 4 nitrogen and oxygen atoms in total. The first-order valence-electron chi connectivity index (χ1n) is 7.48. The van der Waals surface area contributed by atoms with Gasteiger partial charge in [0.15, 0.2) is 0 Å². The summed E-state index contributed by atoms with van der Waals surface area (Å²) in [5.74, 6) is 1.16. The molecule has 2 aromatic carbocycles. The highest BCUT2D eigenvalue weighted by Gasteiger charge is 2.10. The molecule has 0 radical (unpaired) electrons. The maximum Gasteiger partial charge on any atom is 0.248 e. The third-order valence-electron chi connectivity index (χ3n) is 3.67. The van der Waals surface area contributed by atoms with Gasteiger partial charge < -0.3 is 9.73 Å². The quantitative estimate of drug-likeness (QED) is 0.765. The van der Waals surface area contributed by atoms with Gasteiger partial charge in [-0.3, -0.25) is 0 Å². The molecule has 0 spiro atoms. The summed E-state index contributed by atoms with van der Waals surface area (Å²) in [4.78, 5) is 0. The van der Waals surface area contributed by atoms with Gasteiger partial charge in [-0.1, -0.05) is 43.3 Å². The van der Waals surface area contributed by atoms with E-state index < -0.39 is 0 Å². The third-order valence-corrected chi connectivity index (χ3v) is 3.67. The molecule has 1 heterocycles. The maximum atomic E-state index is 5.76. The van der Waals surface area contributed by atoms with E-state index in [1.54, 1.807) is 0 Å². The van der Waals surface area contributed by atoms with Crippen LogP contribution < -0.4 is 5.32 Å². The highest BCUT2D eigenvalue weighted by molar-refractivity contribution is 5.57. The highest BCUT2D eigenvalue weighted by Crippen LogP contribution is 2.22. The van der Waals surface area contributed by atoms with Gasteiger partial charge in [0.25, 0.3) is 0 Å². The minimum Gasteiger partial charge on any atom is -0.419 e. The van der Waals surface area contributed by atoms with Gasteiger partial charge in [-0.25, -0.2) is 0 Å². The summed E-state index contributed by atoms with van der Waals surface area (Å²) in [5.41, 5.74) is 4.50. The first kappa shape index (κ1) is 14.3. The molecule has 0 unspecified atom stereocenters. The van der Waals surface area contributed by atoms with E-state index in [1.165, 1.54) is 5.56 Å². The smallest absolute Gasteiger partial charge is 0.248 e. The first-order chi connectivity index (χ1) is 10.8. The van der Waals surface area contributed by atoms with Crippen molar-refractivity contribution in [2.24, 2.45) is 0 Å². The Morgan fingerprint density at radius 2 is 1.77 bits per heavy atom. The van der Waals surface area contributed by atoms with Gasteiger partial charge >= 0.3 is 0 Å². The molecule has 3 aromatic rings. The predicted octanol–water partition coefficient (Wildman–Crippen LogP) is 4.22. The van der Waals surface area contributed by atoms with E-state index in [0.717, 1.165) is 23.2 Å². The molecule has 0 aliphatic heterocycles. The summed E-state index contributed by atoms with van der Waals surface area (Å²) >= 11 is 0. The van der Waals surface area contributed by atoms with Crippen molar-refractivity contribution in [3.05, 3.63) is 65.5 Å². The lowest BCUT2D eigenvalue weighted by atomic mass is 10.1. The van der Waals surface area contributed by atoms with Crippen LogP contribution in [-0.4, -0.2) is 10.2 Å². The lowest BCUT2D eigenvalue weighted by Crippen LogP contribution is -2.02. The fourth-order valence-electron chi connectivity index (χ4n) is 2.42. The molecule has 112 valence electrons. The summed E-state index contributed by atoms with van der Waals surface area (Å²) in [6.07, 6.45) is 0.988. The molecule has 1 aromatic heterocycles. The summed E-state index contributed by atoms with van der Waals surface area (Å²) in [7, 11) is 0. The van der Waals surface area contributed by atoms with Crippen LogP contribution in [0.3, 0.4) is 0 Å². The highest BCUT2D eigenvalue weighted by atomic mass is 16.4. The number of hydrogen-bond donors (Lipinski definition) is 1. The lowest BCUT2D eigenvalue weighted by Gasteiger charge is -2.08. The lowest BCUT2D eigenvalue weighted by molar-refractivity contribution is 0.514. The third kappa shape index (κ3) is 3.01. The molecule has 0 aliphatic carbocycles. The van der Waals surface area contributed by atoms with E-state index in [4.69, 9.17) is 4.42 Å². The van der Waals surface area contributed by atoms with E-state index in [1.807, 2.05) is 43.3 Å². The van der Waals surface area contributed by atoms with Crippen molar-refractivity contribution in [1.82, 2.24) is 10.2 Å². The van der Waals surface area contributed by atoms with Crippen LogP contribution in [0.2, 0.25) is 0 Å². The molecule has 22 heavy (non-hydrogen) atoms. The van der Waals surface area contributed by atoms with Crippen molar-refractivity contribution in [3.8, 4) is 11.5 Å². The molecule has 0 fully saturated rings. The largest absolute Gasteiger partial charge is 0.419 e. The van der Waals surface area contributed by atoms with Crippen molar-refractivity contribution in [2.75, 3.05) is 5.32 Å². The van der Waals surface area contributed by atoms with Gasteiger partial charge in [0.05, 0.1) is 6.54 Å². The zero-order chi connectivity index (χ0) is 15.4. The molecule has 1 N–H and O–H groups in total. The molecule has 0 atom stereocenters. The zero-order valence-electron chi connectivity index (χ0n) is 12.8. The number of aryl methyl sites for hydroxylation is 2. The monoisotopic (exact) mass is 293 g/mol. The van der Waals surface area contributed by atoms with E-state index in [9.17, 15) is 0 Å². The van der Waals surface area contributed by atoms with Crippen LogP contribution in [0.1, 0.15) is 23.9 Å². The Morgan fingerprint density at radius 1 is 1.00 bits per heavy atom. The minimum absolute atomic E-state index is 0.524. The van der Waals surface area contributed by atoms with Gasteiger partial charge in [0.2, 0.25) is 11.8 Å². The van der Waals surface area contributed by atoms with Crippen molar-refractivity contribution in [2.45, 2.75) is 26.8 Å². The molecular weight excluding hydrogens is 274 g/mol. The molecule has 0 saturated heterocycles. The standard InChI is InChI=1S/C18H19N3O/c1-3-14-9-5-7-11-16(14)19-12-17-20-21-18(22-17)15-10-6-4-8-13(15)2/h4-11,19H,3,12H2,1-2H3. The number of anilines is 1. The van der Waals surface area contributed by atoms with Crippen molar-refractivity contribution >= 4 is 5.69 Å². The molecule has 0 amide bonds. The second kappa shape index (κ2) is 6.43. The van der Waals surface area contributed by atoms with Crippen molar-refractivity contribution in [1.29, 1.82) is 0 Å². The van der Waals surface area contributed by atoms with Crippen LogP contribution in [0, 0.1) is 6.92 Å². The molecule has 3 rings (SSSR count). The van der Waals surface area contributed by atoms with Crippen LogP contribution in [0.4, 0.5) is 5.69 Å². The Balaban J connectivity index is 1.74. The average Bonchev–Trinajstić information content (AvgIpc) is 3.02. The second-order valence-electron chi connectivity index (χ2n) is 5.18. The normalized spacial score (nSPS) is 10.6. The molecule has 4 heteroatoms. The first-order valence-corrected chi connectivity index (χ1v) is 7.48. The van der Waals surface area contributed by atoms with Gasteiger partial charge in [0.1, 0.15) is 0 Å². The van der Waals surface area contributed by atoms with Gasteiger partial charge in [0, 0.05) is 11.3 Å². The van der Waals surface area contributed by atoms with Gasteiger partial charge in [-0.05, 0) is 36.6 Å². The number of benzene rings is 2. The number of para-hydroxylation sites is 1. The topological polar surface area (TPSA) is 51.0 Å². The number of hydrogen-bond acceptors (Lipinski definition) is 4. The molecule has 0 bridgehead atoms. The second-order valence-corrected chi connectivity index (χ2v) is 5.18. The predicted molar refractivity (Wildman–Crippen MR) is 87.6 cm³/mol. The van der Waals surface area contributed by atoms with Gasteiger partial charge in [-0.15, -0.1) is 10.2 Å². The number of aromatic nitrogens is 2. The average molecular weight is 293 g/mol. The van der Waals surface area contributed by atoms with Crippen molar-refractivity contribution in [3.63, 3.8) is 0 Å². The Labute approximate surface area is 130 Å². The van der Waals surface area contributed by atoms with E-state index in [-0.39, 0.29) is 0 Å². The van der Waals surface area contributed by atoms with Gasteiger partial charge in [-0.2, -0.15) is 0 Å². The van der Waals surface area contributed by atoms with E-state index in [2.05, 4.69) is 34.6 Å². The zero-order valence-corrected chi connectivity index (χ0v) is 12.8. The van der Waals surface area contributed by atoms with Crippen LogP contribution in [0.15, 0.2) is 52.9 Å². The van der Waals surface area contributed by atoms with Crippen molar-refractivity contribution < 1.29 is 4.42 Å².